The molecule has 3 rings (SSSR count). The van der Waals surface area contributed by atoms with Crippen LogP contribution in [-0.2, 0) is 0 Å². The van der Waals surface area contributed by atoms with Gasteiger partial charge in [0.25, 0.3) is 0 Å². The molecule has 1 aromatic heterocycles. The summed E-state index contributed by atoms with van der Waals surface area (Å²) in [6, 6.07) is 11.9. The number of benzene rings is 2. The smallest absolute Gasteiger partial charge is 0.138 e. The first-order valence-corrected chi connectivity index (χ1v) is 6.99. The quantitative estimate of drug-likeness (QED) is 0.676. The van der Waals surface area contributed by atoms with Crippen molar-refractivity contribution in [3.8, 4) is 0 Å². The fourth-order valence-electron chi connectivity index (χ4n) is 2.07. The van der Waals surface area contributed by atoms with Crippen LogP contribution in [0.25, 0.3) is 11.0 Å². The molecule has 102 valence electrons. The Bertz CT molecular complexity index is 760. The van der Waals surface area contributed by atoms with Crippen molar-refractivity contribution in [3.63, 3.8) is 0 Å². The maximum atomic E-state index is 10.4. The van der Waals surface area contributed by atoms with Crippen LogP contribution in [0.2, 0.25) is 15.1 Å². The Kier molecular flexibility index (Phi) is 3.65. The number of aliphatic hydroxyl groups excluding tert-OH is 1. The molecule has 0 bridgehead atoms. The van der Waals surface area contributed by atoms with Crippen LogP contribution in [0.5, 0.6) is 0 Å². The Morgan fingerprint density at radius 3 is 2.25 bits per heavy atom. The fraction of sp³-hybridized carbons (Fsp3) is 0.0667. The molecule has 1 N–H and O–H groups in total. The summed E-state index contributed by atoms with van der Waals surface area (Å²) in [5.74, 6) is 0.417. The van der Waals surface area contributed by atoms with Gasteiger partial charge in [-0.1, -0.05) is 34.8 Å². The molecule has 0 radical (unpaired) electrons. The number of rotatable bonds is 2. The molecule has 5 heteroatoms. The van der Waals surface area contributed by atoms with E-state index in [1.807, 2.05) is 0 Å². The average Bonchev–Trinajstić information content (AvgIpc) is 2.79. The van der Waals surface area contributed by atoms with E-state index >= 15 is 0 Å². The third kappa shape index (κ3) is 2.65. The van der Waals surface area contributed by atoms with Crippen LogP contribution < -0.4 is 0 Å². The first kappa shape index (κ1) is 13.8. The van der Waals surface area contributed by atoms with Crippen LogP contribution in [0.1, 0.15) is 17.4 Å². The van der Waals surface area contributed by atoms with Gasteiger partial charge in [-0.15, -0.1) is 0 Å². The largest absolute Gasteiger partial charge is 0.458 e. The van der Waals surface area contributed by atoms with Crippen molar-refractivity contribution in [2.75, 3.05) is 0 Å². The minimum atomic E-state index is -0.933. The Morgan fingerprint density at radius 1 is 0.850 bits per heavy atom. The summed E-state index contributed by atoms with van der Waals surface area (Å²) in [6.07, 6.45) is -0.933. The normalized spacial score (nSPS) is 12.8. The highest BCUT2D eigenvalue weighted by Crippen LogP contribution is 2.32. The standard InChI is InChI=1S/C15H9Cl3O2/c16-10-1-2-13-8(3-10)6-14(20-13)15(19)9-4-11(17)7-12(18)5-9/h1-7,15,19H. The van der Waals surface area contributed by atoms with E-state index in [1.54, 1.807) is 42.5 Å². The molecule has 0 fully saturated rings. The topological polar surface area (TPSA) is 33.4 Å². The van der Waals surface area contributed by atoms with Gasteiger partial charge in [0.05, 0.1) is 0 Å². The molecule has 1 unspecified atom stereocenters. The molecular formula is C15H9Cl3O2. The van der Waals surface area contributed by atoms with Crippen molar-refractivity contribution in [1.82, 2.24) is 0 Å². The molecule has 0 saturated heterocycles. The number of aliphatic hydroxyl groups is 1. The second-order valence-corrected chi connectivity index (χ2v) is 5.75. The minimum Gasteiger partial charge on any atom is -0.458 e. The molecule has 3 aromatic rings. The SMILES string of the molecule is OC(c1cc(Cl)cc(Cl)c1)c1cc2cc(Cl)ccc2o1. The zero-order chi connectivity index (χ0) is 14.3. The monoisotopic (exact) mass is 326 g/mol. The third-order valence-electron chi connectivity index (χ3n) is 2.97. The summed E-state index contributed by atoms with van der Waals surface area (Å²) in [5.41, 5.74) is 1.24. The second-order valence-electron chi connectivity index (χ2n) is 4.44. The molecule has 2 aromatic carbocycles. The van der Waals surface area contributed by atoms with Crippen molar-refractivity contribution < 1.29 is 9.52 Å². The van der Waals surface area contributed by atoms with Gasteiger partial charge in [0.15, 0.2) is 0 Å². The summed E-state index contributed by atoms with van der Waals surface area (Å²) in [5, 5.41) is 12.7. The lowest BCUT2D eigenvalue weighted by molar-refractivity contribution is 0.192. The van der Waals surface area contributed by atoms with Gasteiger partial charge in [-0.25, -0.2) is 0 Å². The van der Waals surface area contributed by atoms with Gasteiger partial charge in [-0.05, 0) is 48.0 Å². The maximum absolute atomic E-state index is 10.4. The molecule has 0 aliphatic rings. The van der Waals surface area contributed by atoms with Gasteiger partial charge in [0.1, 0.15) is 17.4 Å². The third-order valence-corrected chi connectivity index (χ3v) is 3.64. The summed E-state index contributed by atoms with van der Waals surface area (Å²) < 4.78 is 5.62. The first-order valence-electron chi connectivity index (χ1n) is 5.86. The lowest BCUT2D eigenvalue weighted by atomic mass is 10.1. The maximum Gasteiger partial charge on any atom is 0.138 e. The zero-order valence-electron chi connectivity index (χ0n) is 10.1. The summed E-state index contributed by atoms with van der Waals surface area (Å²) in [6.45, 7) is 0. The van der Waals surface area contributed by atoms with E-state index in [1.165, 1.54) is 0 Å². The Morgan fingerprint density at radius 2 is 1.55 bits per heavy atom. The number of hydrogen-bond donors (Lipinski definition) is 1. The molecule has 0 saturated carbocycles. The lowest BCUT2D eigenvalue weighted by Gasteiger charge is -2.08. The number of hydrogen-bond acceptors (Lipinski definition) is 2. The highest BCUT2D eigenvalue weighted by molar-refractivity contribution is 6.34. The molecule has 0 aliphatic heterocycles. The number of fused-ring (bicyclic) bond motifs is 1. The van der Waals surface area contributed by atoms with Crippen LogP contribution >= 0.6 is 34.8 Å². The van der Waals surface area contributed by atoms with Gasteiger partial charge in [-0.3, -0.25) is 0 Å². The first-order chi connectivity index (χ1) is 9.52. The molecule has 0 amide bonds. The predicted molar refractivity (Wildman–Crippen MR) is 81.7 cm³/mol. The van der Waals surface area contributed by atoms with Gasteiger partial charge in [0.2, 0.25) is 0 Å². The van der Waals surface area contributed by atoms with Crippen LogP contribution in [0, 0.1) is 0 Å². The second kappa shape index (κ2) is 5.30. The summed E-state index contributed by atoms with van der Waals surface area (Å²) >= 11 is 17.8. The Labute approximate surface area is 130 Å². The van der Waals surface area contributed by atoms with Crippen LogP contribution in [-0.4, -0.2) is 5.11 Å². The molecule has 0 spiro atoms. The van der Waals surface area contributed by atoms with Gasteiger partial charge in [-0.2, -0.15) is 0 Å². The molecule has 1 heterocycles. The van der Waals surface area contributed by atoms with E-state index in [-0.39, 0.29) is 0 Å². The lowest BCUT2D eigenvalue weighted by Crippen LogP contribution is -1.97. The van der Waals surface area contributed by atoms with Crippen molar-refractivity contribution in [2.45, 2.75) is 6.10 Å². The Hall–Kier alpha value is -1.19. The van der Waals surface area contributed by atoms with Gasteiger partial charge >= 0.3 is 0 Å². The summed E-state index contributed by atoms with van der Waals surface area (Å²) in [7, 11) is 0. The number of halogens is 3. The van der Waals surface area contributed by atoms with E-state index < -0.39 is 6.10 Å². The van der Waals surface area contributed by atoms with Crippen LogP contribution in [0.3, 0.4) is 0 Å². The summed E-state index contributed by atoms with van der Waals surface area (Å²) in [4.78, 5) is 0. The van der Waals surface area contributed by atoms with Crippen LogP contribution in [0.4, 0.5) is 0 Å². The van der Waals surface area contributed by atoms with Crippen molar-refractivity contribution in [2.24, 2.45) is 0 Å². The van der Waals surface area contributed by atoms with E-state index in [4.69, 9.17) is 39.2 Å². The zero-order valence-corrected chi connectivity index (χ0v) is 12.4. The van der Waals surface area contributed by atoms with E-state index in [9.17, 15) is 5.11 Å². The van der Waals surface area contributed by atoms with Crippen molar-refractivity contribution in [1.29, 1.82) is 0 Å². The highest BCUT2D eigenvalue weighted by atomic mass is 35.5. The predicted octanol–water partition coefficient (Wildman–Crippen LogP) is 5.47. The van der Waals surface area contributed by atoms with E-state index in [2.05, 4.69) is 0 Å². The van der Waals surface area contributed by atoms with Gasteiger partial charge < -0.3 is 9.52 Å². The molecule has 0 aliphatic carbocycles. The number of furan rings is 1. The Balaban J connectivity index is 2.05. The molecule has 2 nitrogen and oxygen atoms in total. The highest BCUT2D eigenvalue weighted by Gasteiger charge is 2.17. The molecular weight excluding hydrogens is 319 g/mol. The van der Waals surface area contributed by atoms with Crippen LogP contribution in [0.15, 0.2) is 46.9 Å². The molecule has 1 atom stereocenters. The fourth-order valence-corrected chi connectivity index (χ4v) is 2.79. The average molecular weight is 328 g/mol. The van der Waals surface area contributed by atoms with E-state index in [0.717, 1.165) is 5.39 Å². The van der Waals surface area contributed by atoms with Gasteiger partial charge in [0, 0.05) is 20.5 Å². The molecule has 20 heavy (non-hydrogen) atoms. The van der Waals surface area contributed by atoms with Crippen molar-refractivity contribution >= 4 is 45.8 Å². The van der Waals surface area contributed by atoms with E-state index in [0.29, 0.717) is 32.0 Å². The minimum absolute atomic E-state index is 0.417. The van der Waals surface area contributed by atoms with Crippen molar-refractivity contribution in [3.05, 3.63) is 68.9 Å².